The maximum Gasteiger partial charge on any atom is 0.119 e. The highest BCUT2D eigenvalue weighted by Crippen LogP contribution is 2.17. The second-order valence-corrected chi connectivity index (χ2v) is 3.11. The van der Waals surface area contributed by atoms with E-state index in [0.717, 1.165) is 24.6 Å². The molecule has 0 atom stereocenters. The van der Waals surface area contributed by atoms with Crippen LogP contribution in [0.3, 0.4) is 0 Å². The molecule has 0 unspecified atom stereocenters. The van der Waals surface area contributed by atoms with E-state index in [-0.39, 0.29) is 12.4 Å². The van der Waals surface area contributed by atoms with E-state index in [1.165, 1.54) is 0 Å². The van der Waals surface area contributed by atoms with Gasteiger partial charge in [-0.2, -0.15) is 0 Å². The second-order valence-electron chi connectivity index (χ2n) is 3.11. The van der Waals surface area contributed by atoms with E-state index in [1.807, 2.05) is 31.2 Å². The Hall–Kier alpha value is -0.930. The van der Waals surface area contributed by atoms with Gasteiger partial charge in [-0.25, -0.2) is 0 Å². The molecular formula is C12H20ClNO2. The van der Waals surface area contributed by atoms with Gasteiger partial charge < -0.3 is 14.8 Å². The number of halogens is 1. The summed E-state index contributed by atoms with van der Waals surface area (Å²) in [5.41, 5.74) is 0. The summed E-state index contributed by atoms with van der Waals surface area (Å²) in [6.45, 7) is 7.30. The maximum atomic E-state index is 5.52. The smallest absolute Gasteiger partial charge is 0.119 e. The van der Waals surface area contributed by atoms with E-state index in [0.29, 0.717) is 13.2 Å². The molecule has 16 heavy (non-hydrogen) atoms. The molecule has 0 aromatic heterocycles. The lowest BCUT2D eigenvalue weighted by atomic mass is 10.3. The monoisotopic (exact) mass is 245 g/mol. The van der Waals surface area contributed by atoms with Crippen LogP contribution < -0.4 is 14.8 Å². The number of benzene rings is 1. The third kappa shape index (κ3) is 5.83. The molecule has 3 nitrogen and oxygen atoms in total. The highest BCUT2D eigenvalue weighted by molar-refractivity contribution is 5.85. The lowest BCUT2D eigenvalue weighted by Crippen LogP contribution is -2.20. The third-order valence-electron chi connectivity index (χ3n) is 1.93. The van der Waals surface area contributed by atoms with Gasteiger partial charge in [0.25, 0.3) is 0 Å². The maximum absolute atomic E-state index is 5.52. The predicted octanol–water partition coefficient (Wildman–Crippen LogP) is 2.50. The predicted molar refractivity (Wildman–Crippen MR) is 68.9 cm³/mol. The molecule has 4 heteroatoms. The fraction of sp³-hybridized carbons (Fsp3) is 0.500. The zero-order valence-electron chi connectivity index (χ0n) is 9.86. The largest absolute Gasteiger partial charge is 0.494 e. The summed E-state index contributed by atoms with van der Waals surface area (Å²) in [5.74, 6) is 1.77. The lowest BCUT2D eigenvalue weighted by Gasteiger charge is -2.07. The Morgan fingerprint density at radius 1 is 1.00 bits per heavy atom. The molecule has 0 saturated heterocycles. The second kappa shape index (κ2) is 9.31. The molecule has 92 valence electrons. The van der Waals surface area contributed by atoms with Gasteiger partial charge in [0, 0.05) is 6.54 Å². The summed E-state index contributed by atoms with van der Waals surface area (Å²) >= 11 is 0. The van der Waals surface area contributed by atoms with Crippen molar-refractivity contribution in [3.63, 3.8) is 0 Å². The van der Waals surface area contributed by atoms with E-state index >= 15 is 0 Å². The van der Waals surface area contributed by atoms with Crippen molar-refractivity contribution in [3.05, 3.63) is 24.3 Å². The lowest BCUT2D eigenvalue weighted by molar-refractivity contribution is 0.312. The first-order chi connectivity index (χ1) is 7.36. The molecule has 0 aliphatic rings. The van der Waals surface area contributed by atoms with Crippen LogP contribution in [0.5, 0.6) is 11.5 Å². The molecule has 0 saturated carbocycles. The quantitative estimate of drug-likeness (QED) is 0.749. The summed E-state index contributed by atoms with van der Waals surface area (Å²) in [6.07, 6.45) is 0. The van der Waals surface area contributed by atoms with E-state index in [2.05, 4.69) is 12.2 Å². The Bertz CT molecular complexity index is 264. The van der Waals surface area contributed by atoms with E-state index < -0.39 is 0 Å². The number of ether oxygens (including phenoxy) is 2. The Kier molecular flexibility index (Phi) is 8.77. The van der Waals surface area contributed by atoms with Crippen molar-refractivity contribution in [2.45, 2.75) is 13.8 Å². The Morgan fingerprint density at radius 2 is 1.56 bits per heavy atom. The number of rotatable bonds is 7. The normalized spacial score (nSPS) is 9.38. The van der Waals surface area contributed by atoms with Crippen molar-refractivity contribution < 1.29 is 9.47 Å². The minimum atomic E-state index is 0. The first-order valence-electron chi connectivity index (χ1n) is 5.43. The van der Waals surface area contributed by atoms with Gasteiger partial charge in [-0.05, 0) is 37.7 Å². The molecule has 0 fully saturated rings. The van der Waals surface area contributed by atoms with E-state index in [4.69, 9.17) is 9.47 Å². The van der Waals surface area contributed by atoms with E-state index in [9.17, 15) is 0 Å². The van der Waals surface area contributed by atoms with Crippen LogP contribution in [0.2, 0.25) is 0 Å². The molecule has 0 radical (unpaired) electrons. The minimum Gasteiger partial charge on any atom is -0.494 e. The van der Waals surface area contributed by atoms with Crippen molar-refractivity contribution in [2.24, 2.45) is 0 Å². The molecule has 0 amide bonds. The van der Waals surface area contributed by atoms with Crippen LogP contribution in [0, 0.1) is 0 Å². The molecule has 0 bridgehead atoms. The van der Waals surface area contributed by atoms with Crippen LogP contribution >= 0.6 is 12.4 Å². The fourth-order valence-electron chi connectivity index (χ4n) is 1.22. The van der Waals surface area contributed by atoms with Crippen molar-refractivity contribution >= 4 is 12.4 Å². The molecule has 1 aromatic carbocycles. The first-order valence-corrected chi connectivity index (χ1v) is 5.43. The number of likely N-dealkylation sites (N-methyl/N-ethyl adjacent to an activating group) is 1. The summed E-state index contributed by atoms with van der Waals surface area (Å²) in [6, 6.07) is 7.70. The van der Waals surface area contributed by atoms with Crippen LogP contribution in [0.1, 0.15) is 13.8 Å². The summed E-state index contributed by atoms with van der Waals surface area (Å²) in [5, 5.41) is 3.20. The van der Waals surface area contributed by atoms with Crippen LogP contribution in [0.25, 0.3) is 0 Å². The van der Waals surface area contributed by atoms with Gasteiger partial charge in [0.05, 0.1) is 6.61 Å². The molecule has 0 aliphatic carbocycles. The average molecular weight is 246 g/mol. The van der Waals surface area contributed by atoms with Gasteiger partial charge in [0.2, 0.25) is 0 Å². The van der Waals surface area contributed by atoms with Crippen LogP contribution in [-0.4, -0.2) is 26.3 Å². The summed E-state index contributed by atoms with van der Waals surface area (Å²) in [4.78, 5) is 0. The van der Waals surface area contributed by atoms with Crippen LogP contribution in [0.15, 0.2) is 24.3 Å². The molecule has 1 N–H and O–H groups in total. The van der Waals surface area contributed by atoms with Crippen molar-refractivity contribution in [2.75, 3.05) is 26.3 Å². The van der Waals surface area contributed by atoms with Crippen LogP contribution in [0.4, 0.5) is 0 Å². The van der Waals surface area contributed by atoms with Gasteiger partial charge in [-0.1, -0.05) is 6.92 Å². The average Bonchev–Trinajstić information content (AvgIpc) is 2.27. The summed E-state index contributed by atoms with van der Waals surface area (Å²) < 4.78 is 10.9. The van der Waals surface area contributed by atoms with Gasteiger partial charge in [-0.3, -0.25) is 0 Å². The first kappa shape index (κ1) is 15.1. The molecule has 0 spiro atoms. The van der Waals surface area contributed by atoms with Gasteiger partial charge >= 0.3 is 0 Å². The van der Waals surface area contributed by atoms with Crippen LogP contribution in [-0.2, 0) is 0 Å². The third-order valence-corrected chi connectivity index (χ3v) is 1.93. The standard InChI is InChI=1S/C12H19NO2.ClH/c1-3-13-9-10-15-12-7-5-11(6-8-12)14-4-2;/h5-8,13H,3-4,9-10H2,1-2H3;1H. The molecular weight excluding hydrogens is 226 g/mol. The highest BCUT2D eigenvalue weighted by atomic mass is 35.5. The number of nitrogens with one attached hydrogen (secondary N) is 1. The van der Waals surface area contributed by atoms with Crippen molar-refractivity contribution in [1.82, 2.24) is 5.32 Å². The summed E-state index contributed by atoms with van der Waals surface area (Å²) in [7, 11) is 0. The SMILES string of the molecule is CCNCCOc1ccc(OCC)cc1.Cl. The molecule has 0 heterocycles. The van der Waals surface area contributed by atoms with Gasteiger partial charge in [0.1, 0.15) is 18.1 Å². The minimum absolute atomic E-state index is 0. The van der Waals surface area contributed by atoms with Gasteiger partial charge in [-0.15, -0.1) is 12.4 Å². The highest BCUT2D eigenvalue weighted by Gasteiger charge is 1.94. The zero-order valence-corrected chi connectivity index (χ0v) is 10.7. The molecule has 1 aromatic rings. The van der Waals surface area contributed by atoms with Crippen molar-refractivity contribution in [1.29, 1.82) is 0 Å². The topological polar surface area (TPSA) is 30.5 Å². The Morgan fingerprint density at radius 3 is 2.06 bits per heavy atom. The van der Waals surface area contributed by atoms with E-state index in [1.54, 1.807) is 0 Å². The zero-order chi connectivity index (χ0) is 10.9. The van der Waals surface area contributed by atoms with Gasteiger partial charge in [0.15, 0.2) is 0 Å². The Labute approximate surface area is 104 Å². The Balaban J connectivity index is 0.00000225. The fourth-order valence-corrected chi connectivity index (χ4v) is 1.22. The molecule has 1 rings (SSSR count). The van der Waals surface area contributed by atoms with Crippen molar-refractivity contribution in [3.8, 4) is 11.5 Å². The molecule has 0 aliphatic heterocycles. The number of hydrogen-bond acceptors (Lipinski definition) is 3. The number of hydrogen-bond donors (Lipinski definition) is 1.